The number of carboxylic acids is 1. The molecule has 1 aromatic rings. The van der Waals surface area contributed by atoms with Gasteiger partial charge in [0.15, 0.2) is 9.84 Å². The van der Waals surface area contributed by atoms with Crippen molar-refractivity contribution < 1.29 is 23.2 Å². The molecule has 0 aliphatic rings. The van der Waals surface area contributed by atoms with Gasteiger partial charge < -0.3 is 5.11 Å². The van der Waals surface area contributed by atoms with E-state index in [1.54, 1.807) is 0 Å². The standard InChI is InChI=1S/C10H12ClNO5S/c1-12(17-2)9-7(18(3,15)16)5-4-6(8(9)11)10(13)14/h4-5H,1-3H3,(H,13,14). The highest BCUT2D eigenvalue weighted by Gasteiger charge is 2.24. The molecular weight excluding hydrogens is 282 g/mol. The summed E-state index contributed by atoms with van der Waals surface area (Å²) in [5.41, 5.74) is -0.190. The van der Waals surface area contributed by atoms with Gasteiger partial charge in [-0.3, -0.25) is 9.90 Å². The van der Waals surface area contributed by atoms with E-state index in [2.05, 4.69) is 0 Å². The smallest absolute Gasteiger partial charge is 0.337 e. The zero-order valence-electron chi connectivity index (χ0n) is 9.97. The number of hydroxylamine groups is 1. The van der Waals surface area contributed by atoms with E-state index < -0.39 is 15.8 Å². The maximum Gasteiger partial charge on any atom is 0.337 e. The maximum atomic E-state index is 11.6. The maximum absolute atomic E-state index is 11.6. The molecule has 6 nitrogen and oxygen atoms in total. The first-order valence-corrected chi connectivity index (χ1v) is 7.00. The third-order valence-electron chi connectivity index (χ3n) is 2.30. The first kappa shape index (κ1) is 14.7. The number of carboxylic acid groups (broad SMARTS) is 1. The first-order valence-electron chi connectivity index (χ1n) is 4.73. The van der Waals surface area contributed by atoms with E-state index >= 15 is 0 Å². The van der Waals surface area contributed by atoms with Crippen LogP contribution < -0.4 is 5.06 Å². The summed E-state index contributed by atoms with van der Waals surface area (Å²) in [5.74, 6) is -1.24. The number of rotatable bonds is 4. The van der Waals surface area contributed by atoms with Crippen LogP contribution in [-0.4, -0.2) is 39.9 Å². The molecule has 0 unspecified atom stereocenters. The summed E-state index contributed by atoms with van der Waals surface area (Å²) in [6.45, 7) is 0. The molecule has 0 radical (unpaired) electrons. The van der Waals surface area contributed by atoms with E-state index in [9.17, 15) is 13.2 Å². The molecule has 18 heavy (non-hydrogen) atoms. The summed E-state index contributed by atoms with van der Waals surface area (Å²) in [6, 6.07) is 2.34. The Morgan fingerprint density at radius 1 is 1.44 bits per heavy atom. The average Bonchev–Trinajstić information content (AvgIpc) is 2.25. The van der Waals surface area contributed by atoms with Gasteiger partial charge in [-0.2, -0.15) is 0 Å². The van der Waals surface area contributed by atoms with Gasteiger partial charge in [-0.05, 0) is 12.1 Å². The predicted molar refractivity (Wildman–Crippen MR) is 66.9 cm³/mol. The van der Waals surface area contributed by atoms with Gasteiger partial charge in [-0.15, -0.1) is 0 Å². The second kappa shape index (κ2) is 5.13. The molecule has 100 valence electrons. The predicted octanol–water partition coefficient (Wildman–Crippen LogP) is 1.44. The minimum atomic E-state index is -3.55. The van der Waals surface area contributed by atoms with Crippen LogP contribution in [0.15, 0.2) is 17.0 Å². The van der Waals surface area contributed by atoms with Crippen molar-refractivity contribution in [2.75, 3.05) is 25.5 Å². The van der Waals surface area contributed by atoms with Crippen molar-refractivity contribution in [1.82, 2.24) is 0 Å². The molecule has 0 aliphatic carbocycles. The second-order valence-corrected chi connectivity index (χ2v) is 5.89. The van der Waals surface area contributed by atoms with Gasteiger partial charge in [0.2, 0.25) is 0 Å². The van der Waals surface area contributed by atoms with Crippen molar-refractivity contribution in [3.8, 4) is 0 Å². The Balaban J connectivity index is 3.67. The van der Waals surface area contributed by atoms with Gasteiger partial charge >= 0.3 is 5.97 Å². The highest BCUT2D eigenvalue weighted by atomic mass is 35.5. The second-order valence-electron chi connectivity index (χ2n) is 3.53. The molecule has 1 N–H and O–H groups in total. The van der Waals surface area contributed by atoms with E-state index in [0.29, 0.717) is 0 Å². The van der Waals surface area contributed by atoms with Crippen molar-refractivity contribution >= 4 is 33.1 Å². The van der Waals surface area contributed by atoms with E-state index in [-0.39, 0.29) is 21.2 Å². The van der Waals surface area contributed by atoms with Crippen molar-refractivity contribution in [3.63, 3.8) is 0 Å². The lowest BCUT2D eigenvalue weighted by atomic mass is 10.2. The molecule has 0 bridgehead atoms. The summed E-state index contributed by atoms with van der Waals surface area (Å²) >= 11 is 5.92. The fourth-order valence-electron chi connectivity index (χ4n) is 1.40. The van der Waals surface area contributed by atoms with Crippen molar-refractivity contribution in [1.29, 1.82) is 0 Å². The van der Waals surface area contributed by atoms with Gasteiger partial charge in [0.1, 0.15) is 5.69 Å². The zero-order chi connectivity index (χ0) is 14.1. The van der Waals surface area contributed by atoms with E-state index in [1.807, 2.05) is 0 Å². The molecular formula is C10H12ClNO5S. The number of anilines is 1. The Bertz CT molecular complexity index is 584. The van der Waals surface area contributed by atoms with Gasteiger partial charge in [-0.25, -0.2) is 13.2 Å². The van der Waals surface area contributed by atoms with Crippen LogP contribution in [0.25, 0.3) is 0 Å². The minimum absolute atomic E-state index is 0.00145. The van der Waals surface area contributed by atoms with Crippen LogP contribution in [0, 0.1) is 0 Å². The van der Waals surface area contributed by atoms with Gasteiger partial charge in [0.25, 0.3) is 0 Å². The molecule has 0 atom stereocenters. The Morgan fingerprint density at radius 2 is 2.00 bits per heavy atom. The summed E-state index contributed by atoms with van der Waals surface area (Å²) in [4.78, 5) is 15.7. The fraction of sp³-hybridized carbons (Fsp3) is 0.300. The Morgan fingerprint density at radius 3 is 2.39 bits per heavy atom. The number of halogens is 1. The lowest BCUT2D eigenvalue weighted by Crippen LogP contribution is -2.19. The number of hydrogen-bond acceptors (Lipinski definition) is 5. The summed E-state index contributed by atoms with van der Waals surface area (Å²) in [7, 11) is -0.805. The Labute approximate surface area is 110 Å². The molecule has 0 saturated carbocycles. The van der Waals surface area contributed by atoms with E-state index in [1.165, 1.54) is 20.2 Å². The van der Waals surface area contributed by atoms with Crippen LogP contribution >= 0.6 is 11.6 Å². The number of benzene rings is 1. The fourth-order valence-corrected chi connectivity index (χ4v) is 2.71. The summed E-state index contributed by atoms with van der Waals surface area (Å²) in [6.07, 6.45) is 1.01. The van der Waals surface area contributed by atoms with E-state index in [4.69, 9.17) is 21.5 Å². The Hall–Kier alpha value is -1.31. The van der Waals surface area contributed by atoms with Crippen LogP contribution in [0.2, 0.25) is 5.02 Å². The third kappa shape index (κ3) is 2.74. The molecule has 8 heteroatoms. The molecule has 0 saturated heterocycles. The highest BCUT2D eigenvalue weighted by molar-refractivity contribution is 7.90. The summed E-state index contributed by atoms with van der Waals surface area (Å²) < 4.78 is 23.2. The van der Waals surface area contributed by atoms with Crippen molar-refractivity contribution in [2.45, 2.75) is 4.90 Å². The third-order valence-corrected chi connectivity index (χ3v) is 3.81. The van der Waals surface area contributed by atoms with Gasteiger partial charge in [0, 0.05) is 13.3 Å². The lowest BCUT2D eigenvalue weighted by molar-refractivity contribution is 0.0697. The molecule has 1 rings (SSSR count). The normalized spacial score (nSPS) is 11.3. The monoisotopic (exact) mass is 293 g/mol. The average molecular weight is 294 g/mol. The molecule has 1 aromatic carbocycles. The molecule has 0 amide bonds. The number of sulfone groups is 1. The minimum Gasteiger partial charge on any atom is -0.478 e. The molecule has 0 aliphatic heterocycles. The molecule has 0 heterocycles. The number of hydrogen-bond donors (Lipinski definition) is 1. The van der Waals surface area contributed by atoms with Crippen LogP contribution in [-0.2, 0) is 14.7 Å². The number of carbonyl (C=O) groups is 1. The topological polar surface area (TPSA) is 83.9 Å². The molecule has 0 aromatic heterocycles. The molecule has 0 fully saturated rings. The first-order chi connectivity index (χ1) is 8.20. The number of aromatic carboxylic acids is 1. The van der Waals surface area contributed by atoms with Crippen LogP contribution in [0.5, 0.6) is 0 Å². The van der Waals surface area contributed by atoms with Crippen molar-refractivity contribution in [3.05, 3.63) is 22.7 Å². The molecule has 0 spiro atoms. The highest BCUT2D eigenvalue weighted by Crippen LogP contribution is 2.35. The zero-order valence-corrected chi connectivity index (χ0v) is 11.5. The van der Waals surface area contributed by atoms with Gasteiger partial charge in [-0.1, -0.05) is 11.6 Å². The van der Waals surface area contributed by atoms with Crippen molar-refractivity contribution in [2.24, 2.45) is 0 Å². The van der Waals surface area contributed by atoms with E-state index in [0.717, 1.165) is 17.4 Å². The SMILES string of the molecule is CON(C)c1c(S(C)(=O)=O)ccc(C(=O)O)c1Cl. The lowest BCUT2D eigenvalue weighted by Gasteiger charge is -2.21. The van der Waals surface area contributed by atoms with Crippen LogP contribution in [0.1, 0.15) is 10.4 Å². The van der Waals surface area contributed by atoms with Gasteiger partial charge in [0.05, 0.1) is 22.6 Å². The largest absolute Gasteiger partial charge is 0.478 e. The van der Waals surface area contributed by atoms with Crippen LogP contribution in [0.4, 0.5) is 5.69 Å². The van der Waals surface area contributed by atoms with Crippen LogP contribution in [0.3, 0.4) is 0 Å². The quantitative estimate of drug-likeness (QED) is 0.846. The number of nitrogens with zero attached hydrogens (tertiary/aromatic N) is 1. The Kier molecular flexibility index (Phi) is 4.20. The summed E-state index contributed by atoms with van der Waals surface area (Å²) in [5, 5.41) is 9.86.